The second-order valence-electron chi connectivity index (χ2n) is 18.3. The maximum atomic E-state index is 12.9. The minimum atomic E-state index is -1.33. The van der Waals surface area contributed by atoms with E-state index in [1.807, 2.05) is 0 Å². The van der Waals surface area contributed by atoms with Gasteiger partial charge in [0.1, 0.15) is 24.4 Å². The highest BCUT2D eigenvalue weighted by Crippen LogP contribution is 2.76. The van der Waals surface area contributed by atoms with Crippen LogP contribution in [0.4, 0.5) is 0 Å². The van der Waals surface area contributed by atoms with Gasteiger partial charge in [0.25, 0.3) is 0 Å². The lowest BCUT2D eigenvalue weighted by Crippen LogP contribution is -2.65. The first-order valence-electron chi connectivity index (χ1n) is 17.6. The summed E-state index contributed by atoms with van der Waals surface area (Å²) in [6.07, 6.45) is 7.70. The molecule has 0 aromatic carbocycles. The maximum Gasteiger partial charge on any atom is 0.310 e. The lowest BCUT2D eigenvalue weighted by Gasteiger charge is -2.71. The van der Waals surface area contributed by atoms with Gasteiger partial charge >= 0.3 is 5.97 Å². The van der Waals surface area contributed by atoms with Crippen LogP contribution in [-0.2, 0) is 9.53 Å². The number of carboxylic acids is 1. The summed E-state index contributed by atoms with van der Waals surface area (Å²) in [4.78, 5) is 12.9. The van der Waals surface area contributed by atoms with E-state index in [1.54, 1.807) is 0 Å². The van der Waals surface area contributed by atoms with Crippen LogP contribution < -0.4 is 0 Å². The second kappa shape index (κ2) is 10.5. The summed E-state index contributed by atoms with van der Waals surface area (Å²) in [5.74, 6) is 0.835. The van der Waals surface area contributed by atoms with Crippen LogP contribution in [0.5, 0.6) is 0 Å². The number of allylic oxidation sites excluding steroid dienone is 2. The van der Waals surface area contributed by atoms with E-state index in [-0.39, 0.29) is 38.9 Å². The van der Waals surface area contributed by atoms with Gasteiger partial charge < -0.3 is 30.3 Å². The Labute approximate surface area is 264 Å². The molecule has 5 unspecified atom stereocenters. The molecule has 0 amide bonds. The Kier molecular flexibility index (Phi) is 7.86. The minimum absolute atomic E-state index is 0.00173. The molecule has 0 bridgehead atoms. The highest BCUT2D eigenvalue weighted by atomic mass is 16.5. The van der Waals surface area contributed by atoms with Crippen LogP contribution in [0.15, 0.2) is 11.6 Å². The lowest BCUT2D eigenvalue weighted by molar-refractivity contribution is -0.241. The molecule has 4 saturated carbocycles. The van der Waals surface area contributed by atoms with Crippen molar-refractivity contribution in [3.05, 3.63) is 11.6 Å². The van der Waals surface area contributed by atoms with E-state index in [0.29, 0.717) is 18.3 Å². The Morgan fingerprint density at radius 1 is 0.841 bits per heavy atom. The van der Waals surface area contributed by atoms with E-state index in [0.717, 1.165) is 64.2 Å². The van der Waals surface area contributed by atoms with Crippen molar-refractivity contribution >= 4 is 5.97 Å². The quantitative estimate of drug-likeness (QED) is 0.256. The number of aliphatic carboxylic acids is 1. The van der Waals surface area contributed by atoms with Crippen LogP contribution in [0, 0.1) is 56.2 Å². The van der Waals surface area contributed by atoms with Gasteiger partial charge in [0.2, 0.25) is 0 Å². The number of carboxylic acid groups (broad SMARTS) is 1. The van der Waals surface area contributed by atoms with Crippen LogP contribution in [0.1, 0.15) is 119 Å². The van der Waals surface area contributed by atoms with Gasteiger partial charge in [-0.25, -0.2) is 0 Å². The van der Waals surface area contributed by atoms with Crippen molar-refractivity contribution in [3.8, 4) is 0 Å². The fourth-order valence-corrected chi connectivity index (χ4v) is 12.8. The molecule has 0 spiro atoms. The van der Waals surface area contributed by atoms with Crippen LogP contribution >= 0.6 is 0 Å². The van der Waals surface area contributed by atoms with Crippen molar-refractivity contribution in [3.63, 3.8) is 0 Å². The predicted octanol–water partition coefficient (Wildman–Crippen LogP) is 5.72. The van der Waals surface area contributed by atoms with E-state index in [2.05, 4.69) is 54.5 Å². The third-order valence-electron chi connectivity index (χ3n) is 15.8. The first-order valence-corrected chi connectivity index (χ1v) is 17.6. The molecule has 1 aliphatic heterocycles. The van der Waals surface area contributed by atoms with E-state index in [9.17, 15) is 30.3 Å². The summed E-state index contributed by atoms with van der Waals surface area (Å²) in [7, 11) is 0. The van der Waals surface area contributed by atoms with E-state index in [1.165, 1.54) is 5.57 Å². The number of carbonyl (C=O) groups is 1. The highest BCUT2D eigenvalue weighted by molar-refractivity contribution is 5.76. The van der Waals surface area contributed by atoms with Gasteiger partial charge in [-0.05, 0) is 121 Å². The van der Waals surface area contributed by atoms with Crippen LogP contribution in [0.3, 0.4) is 0 Å². The first-order chi connectivity index (χ1) is 20.4. The molecule has 13 atom stereocenters. The zero-order chi connectivity index (χ0) is 32.3. The topological polar surface area (TPSA) is 127 Å². The van der Waals surface area contributed by atoms with Gasteiger partial charge in [-0.1, -0.05) is 60.1 Å². The molecule has 6 aliphatic rings. The Bertz CT molecular complexity index is 1180. The third-order valence-corrected chi connectivity index (χ3v) is 15.8. The molecule has 5 aliphatic carbocycles. The molecular formula is C37H60O7. The number of fused-ring (bicyclic) bond motifs is 7. The summed E-state index contributed by atoms with van der Waals surface area (Å²) < 4.78 is 5.99. The molecular weight excluding hydrogens is 556 g/mol. The summed E-state index contributed by atoms with van der Waals surface area (Å²) >= 11 is 0. The minimum Gasteiger partial charge on any atom is -0.481 e. The SMILES string of the molecule is CC1(C)CC[C@]2(C(=O)O)CC[C@]3(C)C(=CCC4[C@@]5(C)CC[C@H](C[C@H]6OC(CO)[C@@H](O)C(O)[C@H]6O)C(C)(C)C5CC[C@]43C)C2C1. The van der Waals surface area contributed by atoms with Crippen molar-refractivity contribution in [2.45, 2.75) is 150 Å². The first kappa shape index (κ1) is 32.9. The largest absolute Gasteiger partial charge is 0.481 e. The zero-order valence-corrected chi connectivity index (χ0v) is 28.3. The summed E-state index contributed by atoms with van der Waals surface area (Å²) in [5, 5.41) is 52.0. The normalized spacial score (nSPS) is 52.9. The van der Waals surface area contributed by atoms with E-state index in [4.69, 9.17) is 4.74 Å². The molecule has 6 rings (SSSR count). The number of aliphatic hydroxyl groups excluding tert-OH is 4. The van der Waals surface area contributed by atoms with Gasteiger partial charge in [-0.2, -0.15) is 0 Å². The van der Waals surface area contributed by atoms with Gasteiger partial charge in [0.15, 0.2) is 0 Å². The monoisotopic (exact) mass is 616 g/mol. The average molecular weight is 617 g/mol. The van der Waals surface area contributed by atoms with E-state index >= 15 is 0 Å². The van der Waals surface area contributed by atoms with Crippen molar-refractivity contribution in [2.24, 2.45) is 56.2 Å². The molecule has 0 aromatic heterocycles. The van der Waals surface area contributed by atoms with Gasteiger partial charge in [-0.3, -0.25) is 4.79 Å². The average Bonchev–Trinajstić information content (AvgIpc) is 2.94. The number of hydrogen-bond acceptors (Lipinski definition) is 6. The van der Waals surface area contributed by atoms with Gasteiger partial charge in [0.05, 0.1) is 18.1 Å². The van der Waals surface area contributed by atoms with Gasteiger partial charge in [-0.15, -0.1) is 0 Å². The van der Waals surface area contributed by atoms with Crippen molar-refractivity contribution < 1.29 is 35.1 Å². The molecule has 0 aromatic rings. The lowest BCUT2D eigenvalue weighted by atomic mass is 9.33. The summed E-state index contributed by atoms with van der Waals surface area (Å²) in [5.41, 5.74) is 1.24. The molecule has 1 saturated heterocycles. The molecule has 0 radical (unpaired) electrons. The smallest absolute Gasteiger partial charge is 0.310 e. The molecule has 5 N–H and O–H groups in total. The Morgan fingerprint density at radius 3 is 2.16 bits per heavy atom. The number of ether oxygens (including phenoxy) is 1. The number of rotatable bonds is 4. The van der Waals surface area contributed by atoms with Crippen LogP contribution in [0.25, 0.3) is 0 Å². The Balaban J connectivity index is 1.29. The summed E-state index contributed by atoms with van der Waals surface area (Å²) in [6.45, 7) is 16.6. The third kappa shape index (κ3) is 4.41. The summed E-state index contributed by atoms with van der Waals surface area (Å²) in [6, 6.07) is 0. The van der Waals surface area contributed by atoms with Gasteiger partial charge in [0, 0.05) is 0 Å². The molecule has 1 heterocycles. The van der Waals surface area contributed by atoms with E-state index < -0.39 is 48.5 Å². The molecule has 44 heavy (non-hydrogen) atoms. The number of hydrogen-bond donors (Lipinski definition) is 5. The molecule has 250 valence electrons. The Hall–Kier alpha value is -0.990. The standard InChI is InChI=1S/C37H60O7/c1-32(2)14-16-37(31(42)43)17-15-35(6)22(23(37)19-32)8-9-27-34(5)12-10-21(33(3,4)26(34)11-13-36(27,35)7)18-24-28(39)30(41)29(40)25(20-38)44-24/h8,21,23-30,38-41H,9-20H2,1-7H3,(H,42,43)/t21-,23?,24-,25?,26?,27?,28+,29-,30?,34+,35-,36-,37+/m1/s1. The number of aliphatic hydroxyl groups is 4. The van der Waals surface area contributed by atoms with Crippen molar-refractivity contribution in [1.29, 1.82) is 0 Å². The fraction of sp³-hybridized carbons (Fsp3) is 0.919. The fourth-order valence-electron chi connectivity index (χ4n) is 12.8. The van der Waals surface area contributed by atoms with Crippen molar-refractivity contribution in [2.75, 3.05) is 6.61 Å². The molecule has 7 heteroatoms. The van der Waals surface area contributed by atoms with Crippen LogP contribution in [-0.4, -0.2) is 68.6 Å². The van der Waals surface area contributed by atoms with Crippen molar-refractivity contribution in [1.82, 2.24) is 0 Å². The maximum absolute atomic E-state index is 12.9. The molecule has 7 nitrogen and oxygen atoms in total. The zero-order valence-electron chi connectivity index (χ0n) is 28.3. The van der Waals surface area contributed by atoms with Crippen LogP contribution in [0.2, 0.25) is 0 Å². The predicted molar refractivity (Wildman–Crippen MR) is 169 cm³/mol. The Morgan fingerprint density at radius 2 is 1.50 bits per heavy atom. The highest BCUT2D eigenvalue weighted by Gasteiger charge is 2.69. The second-order valence-corrected chi connectivity index (χ2v) is 18.3. The molecule has 5 fully saturated rings.